The highest BCUT2D eigenvalue weighted by Gasteiger charge is 2.29. The largest absolute Gasteiger partial charge is 0.394 e. The highest BCUT2D eigenvalue weighted by molar-refractivity contribution is 5.89. The van der Waals surface area contributed by atoms with Gasteiger partial charge >= 0.3 is 6.03 Å². The standard InChI is InChI=1S/C28H43N7O4/c1-21-17-34(22(2)19-36)27(37)8-7-15-35-25(16-29-31-35)20-39-26(21)18-32(3)28(38)30-23-9-11-24(12-10-23)33-13-5-4-6-14-33/h9-12,16,21-22,26,36H,4-8,13-15,17-20H2,1-3H3,(H,30,38)/t21-,22+,26-/m0/s1. The van der Waals surface area contributed by atoms with Gasteiger partial charge in [0, 0.05) is 63.5 Å². The Hall–Kier alpha value is -3.18. The molecule has 3 heterocycles. The molecule has 11 nitrogen and oxygen atoms in total. The van der Waals surface area contributed by atoms with Crippen LogP contribution in [0.15, 0.2) is 30.5 Å². The molecule has 1 aromatic heterocycles. The smallest absolute Gasteiger partial charge is 0.321 e. The molecule has 2 aliphatic rings. The number of nitrogens with one attached hydrogen (secondary N) is 1. The van der Waals surface area contributed by atoms with Crippen molar-refractivity contribution in [3.05, 3.63) is 36.2 Å². The lowest BCUT2D eigenvalue weighted by atomic mass is 10.0. The second-order valence-corrected chi connectivity index (χ2v) is 10.9. The summed E-state index contributed by atoms with van der Waals surface area (Å²) in [5.41, 5.74) is 2.76. The Balaban J connectivity index is 1.43. The molecule has 1 saturated heterocycles. The number of piperidine rings is 1. The number of ether oxygens (including phenoxy) is 1. The van der Waals surface area contributed by atoms with Gasteiger partial charge in [0.1, 0.15) is 0 Å². The number of hydrogen-bond donors (Lipinski definition) is 2. The van der Waals surface area contributed by atoms with Crippen molar-refractivity contribution in [2.45, 2.75) is 71.2 Å². The Morgan fingerprint density at radius 2 is 1.92 bits per heavy atom. The van der Waals surface area contributed by atoms with Crippen LogP contribution in [0, 0.1) is 5.92 Å². The number of benzene rings is 1. The van der Waals surface area contributed by atoms with Crippen LogP contribution in [0.5, 0.6) is 0 Å². The SMILES string of the molecule is C[C@H](CO)N1C[C@H](C)[C@H](CN(C)C(=O)Nc2ccc(N3CCCCC3)cc2)OCc2cnnn2CCCC1=O. The average molecular weight is 542 g/mol. The van der Waals surface area contributed by atoms with Crippen molar-refractivity contribution in [2.75, 3.05) is 50.1 Å². The highest BCUT2D eigenvalue weighted by Crippen LogP contribution is 2.23. The maximum Gasteiger partial charge on any atom is 0.321 e. The number of anilines is 2. The first-order valence-electron chi connectivity index (χ1n) is 14.1. The summed E-state index contributed by atoms with van der Waals surface area (Å²) in [4.78, 5) is 31.9. The molecular formula is C28H43N7O4. The van der Waals surface area contributed by atoms with Crippen molar-refractivity contribution < 1.29 is 19.4 Å². The predicted molar refractivity (Wildman–Crippen MR) is 149 cm³/mol. The Kier molecular flexibility index (Phi) is 10.2. The fraction of sp³-hybridized carbons (Fsp3) is 0.643. The zero-order chi connectivity index (χ0) is 27.8. The van der Waals surface area contributed by atoms with Gasteiger partial charge in [0.2, 0.25) is 5.91 Å². The summed E-state index contributed by atoms with van der Waals surface area (Å²) in [6.07, 6.45) is 6.04. The van der Waals surface area contributed by atoms with Gasteiger partial charge in [-0.15, -0.1) is 5.10 Å². The Morgan fingerprint density at radius 1 is 1.18 bits per heavy atom. The number of amides is 3. The molecule has 0 aliphatic carbocycles. The molecule has 1 fully saturated rings. The van der Waals surface area contributed by atoms with Gasteiger partial charge in [0.15, 0.2) is 0 Å². The molecule has 2 N–H and O–H groups in total. The molecule has 214 valence electrons. The van der Waals surface area contributed by atoms with E-state index in [4.69, 9.17) is 4.74 Å². The van der Waals surface area contributed by atoms with Crippen molar-refractivity contribution in [1.29, 1.82) is 0 Å². The van der Waals surface area contributed by atoms with Crippen molar-refractivity contribution in [3.63, 3.8) is 0 Å². The van der Waals surface area contributed by atoms with Crippen LogP contribution >= 0.6 is 0 Å². The summed E-state index contributed by atoms with van der Waals surface area (Å²) in [5.74, 6) is -0.103. The van der Waals surface area contributed by atoms with Crippen molar-refractivity contribution >= 4 is 23.3 Å². The quantitative estimate of drug-likeness (QED) is 0.578. The number of aryl methyl sites for hydroxylation is 1. The summed E-state index contributed by atoms with van der Waals surface area (Å²) in [6, 6.07) is 7.47. The summed E-state index contributed by atoms with van der Waals surface area (Å²) < 4.78 is 8.10. The number of carbonyl (C=O) groups is 2. The van der Waals surface area contributed by atoms with Gasteiger partial charge in [-0.1, -0.05) is 12.1 Å². The number of likely N-dealkylation sites (N-methyl/N-ethyl adjacent to an activating group) is 1. The number of urea groups is 1. The van der Waals surface area contributed by atoms with E-state index in [0.717, 1.165) is 24.5 Å². The molecular weight excluding hydrogens is 498 g/mol. The Labute approximate surface area is 231 Å². The third kappa shape index (κ3) is 7.69. The van der Waals surface area contributed by atoms with E-state index < -0.39 is 0 Å². The number of aliphatic hydroxyl groups is 1. The molecule has 2 aliphatic heterocycles. The van der Waals surface area contributed by atoms with Crippen LogP contribution < -0.4 is 10.2 Å². The number of rotatable bonds is 6. The molecule has 2 aromatic rings. The summed E-state index contributed by atoms with van der Waals surface area (Å²) in [6.45, 7) is 7.52. The number of carbonyl (C=O) groups excluding carboxylic acids is 2. The second kappa shape index (κ2) is 13.7. The zero-order valence-corrected chi connectivity index (χ0v) is 23.5. The maximum atomic E-state index is 13.1. The minimum absolute atomic E-state index is 0.0107. The van der Waals surface area contributed by atoms with Gasteiger partial charge in [-0.3, -0.25) is 4.79 Å². The lowest BCUT2D eigenvalue weighted by Gasteiger charge is -2.35. The van der Waals surface area contributed by atoms with Gasteiger partial charge in [0.25, 0.3) is 0 Å². The minimum Gasteiger partial charge on any atom is -0.394 e. The van der Waals surface area contributed by atoms with E-state index in [1.54, 1.807) is 27.7 Å². The highest BCUT2D eigenvalue weighted by atomic mass is 16.5. The van der Waals surface area contributed by atoms with Crippen LogP contribution in [0.4, 0.5) is 16.2 Å². The summed E-state index contributed by atoms with van der Waals surface area (Å²) >= 11 is 0. The van der Waals surface area contributed by atoms with E-state index in [2.05, 4.69) is 32.7 Å². The van der Waals surface area contributed by atoms with E-state index in [-0.39, 0.29) is 36.6 Å². The molecule has 3 atom stereocenters. The number of fused-ring (bicyclic) bond motifs is 1. The van der Waals surface area contributed by atoms with Crippen LogP contribution in [-0.2, 0) is 22.7 Å². The molecule has 1 aromatic carbocycles. The van der Waals surface area contributed by atoms with Crippen molar-refractivity contribution in [1.82, 2.24) is 24.8 Å². The van der Waals surface area contributed by atoms with Crippen LogP contribution in [0.3, 0.4) is 0 Å². The lowest BCUT2D eigenvalue weighted by molar-refractivity contribution is -0.136. The lowest BCUT2D eigenvalue weighted by Crippen LogP contribution is -2.48. The normalized spacial score (nSPS) is 21.9. The molecule has 4 rings (SSSR count). The van der Waals surface area contributed by atoms with Gasteiger partial charge in [-0.2, -0.15) is 0 Å². The van der Waals surface area contributed by atoms with E-state index >= 15 is 0 Å². The molecule has 0 radical (unpaired) electrons. The van der Waals surface area contributed by atoms with Crippen LogP contribution in [0.2, 0.25) is 0 Å². The number of aromatic nitrogens is 3. The molecule has 0 bridgehead atoms. The zero-order valence-electron chi connectivity index (χ0n) is 23.5. The van der Waals surface area contributed by atoms with Crippen molar-refractivity contribution in [2.24, 2.45) is 5.92 Å². The molecule has 0 spiro atoms. The van der Waals surface area contributed by atoms with Crippen LogP contribution in [-0.4, -0.2) is 93.8 Å². The first-order chi connectivity index (χ1) is 18.9. The predicted octanol–water partition coefficient (Wildman–Crippen LogP) is 2.96. The molecule has 0 unspecified atom stereocenters. The fourth-order valence-electron chi connectivity index (χ4n) is 5.23. The summed E-state index contributed by atoms with van der Waals surface area (Å²) in [5, 5.41) is 20.9. The first-order valence-corrected chi connectivity index (χ1v) is 14.1. The number of hydrogen-bond acceptors (Lipinski definition) is 7. The molecule has 39 heavy (non-hydrogen) atoms. The van der Waals surface area contributed by atoms with E-state index in [1.807, 2.05) is 26.0 Å². The van der Waals surface area contributed by atoms with Crippen molar-refractivity contribution in [3.8, 4) is 0 Å². The van der Waals surface area contributed by atoms with Gasteiger partial charge in [0.05, 0.1) is 37.3 Å². The van der Waals surface area contributed by atoms with Gasteiger partial charge in [-0.05, 0) is 56.9 Å². The van der Waals surface area contributed by atoms with E-state index in [0.29, 0.717) is 39.1 Å². The Bertz CT molecular complexity index is 1070. The number of aliphatic hydroxyl groups excluding tert-OH is 1. The van der Waals surface area contributed by atoms with E-state index in [9.17, 15) is 14.7 Å². The number of nitrogens with zero attached hydrogens (tertiary/aromatic N) is 6. The first kappa shape index (κ1) is 28.8. The third-order valence-electron chi connectivity index (χ3n) is 7.78. The topological polar surface area (TPSA) is 116 Å². The van der Waals surface area contributed by atoms with Gasteiger partial charge in [-0.25, -0.2) is 9.48 Å². The maximum absolute atomic E-state index is 13.1. The monoisotopic (exact) mass is 541 g/mol. The minimum atomic E-state index is -0.355. The van der Waals surface area contributed by atoms with Crippen LogP contribution in [0.1, 0.15) is 51.6 Å². The van der Waals surface area contributed by atoms with Crippen LogP contribution in [0.25, 0.3) is 0 Å². The molecule has 3 amide bonds. The van der Waals surface area contributed by atoms with Gasteiger partial charge < -0.3 is 29.9 Å². The second-order valence-electron chi connectivity index (χ2n) is 10.9. The third-order valence-corrected chi connectivity index (χ3v) is 7.78. The summed E-state index contributed by atoms with van der Waals surface area (Å²) in [7, 11) is 1.74. The van der Waals surface area contributed by atoms with E-state index in [1.165, 1.54) is 24.9 Å². The Morgan fingerprint density at radius 3 is 2.64 bits per heavy atom. The average Bonchev–Trinajstić information content (AvgIpc) is 3.40. The fourth-order valence-corrected chi connectivity index (χ4v) is 5.23. The molecule has 0 saturated carbocycles. The molecule has 11 heteroatoms.